The lowest BCUT2D eigenvalue weighted by molar-refractivity contribution is 0.0564. The van der Waals surface area contributed by atoms with Gasteiger partial charge in [0.2, 0.25) is 0 Å². The van der Waals surface area contributed by atoms with Gasteiger partial charge in [0.05, 0.1) is 0 Å². The van der Waals surface area contributed by atoms with Gasteiger partial charge in [-0.05, 0) is 6.08 Å². The summed E-state index contributed by atoms with van der Waals surface area (Å²) in [6, 6.07) is 0. The monoisotopic (exact) mass is 273 g/mol. The molecule has 0 bridgehead atoms. The number of aromatic nitrogens is 1. The van der Waals surface area contributed by atoms with Crippen molar-refractivity contribution in [3.8, 4) is 0 Å². The van der Waals surface area contributed by atoms with E-state index in [2.05, 4.69) is 11.6 Å². The molecule has 0 atom stereocenters. The number of rotatable bonds is 6. The Labute approximate surface area is 105 Å². The number of carbonyl (C=O) groups is 1. The second-order valence-corrected chi connectivity index (χ2v) is 8.06. The molecule has 1 aromatic heterocycles. The third-order valence-electron chi connectivity index (χ3n) is 2.49. The first-order valence-electron chi connectivity index (χ1n) is 5.37. The molecule has 0 fully saturated rings. The third-order valence-corrected chi connectivity index (χ3v) is 6.23. The van der Waals surface area contributed by atoms with Gasteiger partial charge in [-0.2, -0.15) is 0 Å². The summed E-state index contributed by atoms with van der Waals surface area (Å²) in [6.45, 7) is 7.25. The van der Waals surface area contributed by atoms with E-state index < -0.39 is 13.1 Å². The van der Waals surface area contributed by atoms with E-state index >= 15 is 0 Å². The van der Waals surface area contributed by atoms with Crippen molar-refractivity contribution >= 4 is 30.5 Å². The summed E-state index contributed by atoms with van der Waals surface area (Å²) in [5.74, 6) is -0.517. The smallest absolute Gasteiger partial charge is 0.358 e. The summed E-state index contributed by atoms with van der Waals surface area (Å²) in [6.07, 6.45) is 2.67. The second kappa shape index (κ2) is 6.12. The Morgan fingerprint density at radius 1 is 1.59 bits per heavy atom. The van der Waals surface area contributed by atoms with Crippen molar-refractivity contribution < 1.29 is 14.1 Å². The van der Waals surface area contributed by atoms with Crippen LogP contribution in [0.4, 0.5) is 0 Å². The van der Waals surface area contributed by atoms with Gasteiger partial charge < -0.3 is 9.30 Å². The molecule has 4 nitrogen and oxygen atoms in total. The van der Waals surface area contributed by atoms with Gasteiger partial charge in [0.15, 0.2) is 5.69 Å². The molecule has 0 N–H and O–H groups in total. The predicted octanol–water partition coefficient (Wildman–Crippen LogP) is 3.30. The Morgan fingerprint density at radius 2 is 2.24 bits per heavy atom. The predicted molar refractivity (Wildman–Crippen MR) is 71.2 cm³/mol. The zero-order chi connectivity index (χ0) is 12.9. The molecular formula is C11H16NO3PS. The minimum atomic E-state index is -2.34. The molecular weight excluding hydrogens is 257 g/mol. The van der Waals surface area contributed by atoms with Crippen LogP contribution in [0.2, 0.25) is 0 Å². The van der Waals surface area contributed by atoms with E-state index in [0.29, 0.717) is 17.3 Å². The highest BCUT2D eigenvalue weighted by atomic mass is 32.1. The number of carbonyl (C=O) groups excluding carboxylic acids is 1. The molecule has 1 heterocycles. The maximum absolute atomic E-state index is 12.0. The van der Waals surface area contributed by atoms with Crippen LogP contribution in [0.25, 0.3) is 6.08 Å². The maximum Gasteiger partial charge on any atom is 0.358 e. The molecule has 0 saturated heterocycles. The molecule has 0 aliphatic heterocycles. The van der Waals surface area contributed by atoms with Crippen LogP contribution in [0.15, 0.2) is 12.0 Å². The van der Waals surface area contributed by atoms with Gasteiger partial charge in [-0.1, -0.05) is 20.4 Å². The van der Waals surface area contributed by atoms with Crippen molar-refractivity contribution in [2.45, 2.75) is 13.8 Å². The highest BCUT2D eigenvalue weighted by molar-refractivity contribution is 7.63. The second-order valence-electron chi connectivity index (χ2n) is 3.53. The van der Waals surface area contributed by atoms with Crippen LogP contribution in [0.3, 0.4) is 0 Å². The molecule has 0 aromatic carbocycles. The summed E-state index contributed by atoms with van der Waals surface area (Å²) in [4.78, 5) is 15.6. The van der Waals surface area contributed by atoms with Crippen molar-refractivity contribution in [1.82, 2.24) is 4.98 Å². The Kier molecular flexibility index (Phi) is 5.09. The topological polar surface area (TPSA) is 56.3 Å². The fraction of sp³-hybridized carbons (Fsp3) is 0.455. The first-order chi connectivity index (χ1) is 8.04. The fourth-order valence-electron chi connectivity index (χ4n) is 1.13. The molecule has 94 valence electrons. The van der Waals surface area contributed by atoms with Gasteiger partial charge in [0, 0.05) is 17.7 Å². The number of ether oxygens (including phenoxy) is 1. The van der Waals surface area contributed by atoms with Crippen molar-refractivity contribution in [3.63, 3.8) is 0 Å². The van der Waals surface area contributed by atoms with E-state index in [9.17, 15) is 9.36 Å². The minimum absolute atomic E-state index is 0.000216. The minimum Gasteiger partial charge on any atom is -0.453 e. The SMILES string of the molecule is C=Cc1nc(C(=O)OCP(=O)(CC)CC)cs1. The van der Waals surface area contributed by atoms with Crippen LogP contribution in [-0.4, -0.2) is 29.6 Å². The normalized spacial score (nSPS) is 11.2. The lowest BCUT2D eigenvalue weighted by atomic mass is 10.5. The molecule has 0 unspecified atom stereocenters. The summed E-state index contributed by atoms with van der Waals surface area (Å²) in [5.41, 5.74) is 0.253. The van der Waals surface area contributed by atoms with E-state index in [0.717, 1.165) is 0 Å². The molecule has 17 heavy (non-hydrogen) atoms. The third kappa shape index (κ3) is 3.79. The van der Waals surface area contributed by atoms with Gasteiger partial charge in [-0.25, -0.2) is 9.78 Å². The molecule has 0 amide bonds. The van der Waals surface area contributed by atoms with Gasteiger partial charge >= 0.3 is 5.97 Å². The number of hydrogen-bond donors (Lipinski definition) is 0. The zero-order valence-corrected chi connectivity index (χ0v) is 11.7. The van der Waals surface area contributed by atoms with Gasteiger partial charge in [0.25, 0.3) is 0 Å². The van der Waals surface area contributed by atoms with Crippen LogP contribution < -0.4 is 0 Å². The van der Waals surface area contributed by atoms with Crippen LogP contribution in [0.1, 0.15) is 29.3 Å². The van der Waals surface area contributed by atoms with E-state index in [-0.39, 0.29) is 12.0 Å². The van der Waals surface area contributed by atoms with E-state index in [1.54, 1.807) is 11.5 Å². The highest BCUT2D eigenvalue weighted by Crippen LogP contribution is 2.44. The van der Waals surface area contributed by atoms with Crippen molar-refractivity contribution in [3.05, 3.63) is 22.7 Å². The van der Waals surface area contributed by atoms with Crippen LogP contribution in [0, 0.1) is 0 Å². The van der Waals surface area contributed by atoms with Crippen LogP contribution in [0.5, 0.6) is 0 Å². The Bertz CT molecular complexity index is 447. The van der Waals surface area contributed by atoms with Crippen molar-refractivity contribution in [1.29, 1.82) is 0 Å². The summed E-state index contributed by atoms with van der Waals surface area (Å²) in [7, 11) is -2.34. The van der Waals surface area contributed by atoms with E-state index in [4.69, 9.17) is 4.74 Å². The van der Waals surface area contributed by atoms with E-state index in [1.165, 1.54) is 11.3 Å². The van der Waals surface area contributed by atoms with Gasteiger partial charge in [0.1, 0.15) is 18.5 Å². The van der Waals surface area contributed by atoms with Crippen LogP contribution >= 0.6 is 18.5 Å². The first-order valence-corrected chi connectivity index (χ1v) is 8.51. The quantitative estimate of drug-likeness (QED) is 0.589. The molecule has 0 aliphatic carbocycles. The van der Waals surface area contributed by atoms with Crippen LogP contribution in [-0.2, 0) is 9.30 Å². The molecule has 1 aromatic rings. The summed E-state index contributed by atoms with van der Waals surface area (Å²) < 4.78 is 17.1. The van der Waals surface area contributed by atoms with Crippen molar-refractivity contribution in [2.24, 2.45) is 0 Å². The lowest BCUT2D eigenvalue weighted by Crippen LogP contribution is -2.09. The number of hydrogen-bond acceptors (Lipinski definition) is 5. The molecule has 0 saturated carbocycles. The maximum atomic E-state index is 12.0. The number of thiazole rings is 1. The average Bonchev–Trinajstić information content (AvgIpc) is 2.84. The summed E-state index contributed by atoms with van der Waals surface area (Å²) >= 11 is 1.32. The van der Waals surface area contributed by atoms with Gasteiger partial charge in [-0.15, -0.1) is 11.3 Å². The number of nitrogens with zero attached hydrogens (tertiary/aromatic N) is 1. The standard InChI is InChI=1S/C11H16NO3PS/c1-4-10-12-9(7-17-10)11(13)15-8-16(14,5-2)6-3/h4,7H,1,5-6,8H2,2-3H3. The highest BCUT2D eigenvalue weighted by Gasteiger charge is 2.21. The molecule has 1 rings (SSSR count). The molecule has 0 spiro atoms. The molecule has 0 radical (unpaired) electrons. The first kappa shape index (κ1) is 14.1. The Morgan fingerprint density at radius 3 is 2.71 bits per heavy atom. The van der Waals surface area contributed by atoms with E-state index in [1.807, 2.05) is 13.8 Å². The average molecular weight is 273 g/mol. The summed E-state index contributed by atoms with van der Waals surface area (Å²) in [5, 5.41) is 2.29. The fourth-order valence-corrected chi connectivity index (χ4v) is 2.92. The molecule has 6 heteroatoms. The largest absolute Gasteiger partial charge is 0.453 e. The van der Waals surface area contributed by atoms with Gasteiger partial charge in [-0.3, -0.25) is 0 Å². The molecule has 0 aliphatic rings. The Balaban J connectivity index is 2.61. The Hall–Kier alpha value is -0.930. The lowest BCUT2D eigenvalue weighted by Gasteiger charge is -2.13. The number of esters is 1. The van der Waals surface area contributed by atoms with Crippen molar-refractivity contribution in [2.75, 3.05) is 18.7 Å². The zero-order valence-electron chi connectivity index (χ0n) is 10.0.